The van der Waals surface area contributed by atoms with Gasteiger partial charge in [0.05, 0.1) is 34.4 Å². The number of esters is 1. The zero-order chi connectivity index (χ0) is 35.6. The summed E-state index contributed by atoms with van der Waals surface area (Å²) in [5.41, 5.74) is 0. The van der Waals surface area contributed by atoms with Gasteiger partial charge in [-0.1, -0.05) is 142 Å². The van der Waals surface area contributed by atoms with Crippen LogP contribution in [0.1, 0.15) is 174 Å². The molecule has 0 radical (unpaired) electrons. The van der Waals surface area contributed by atoms with Crippen LogP contribution in [0.2, 0.25) is 0 Å². The van der Waals surface area contributed by atoms with Gasteiger partial charge in [-0.05, 0) is 38.5 Å². The van der Waals surface area contributed by atoms with Crippen molar-refractivity contribution in [2.24, 2.45) is 0 Å². The molecule has 0 aromatic carbocycles. The smallest absolute Gasteiger partial charge is 0.457 e. The average molecular weight is 705 g/mol. The number of phosphoric acid groups is 1. The minimum absolute atomic E-state index is 0.0899. The lowest BCUT2D eigenvalue weighted by Gasteiger charge is -2.24. The molecule has 0 aromatic heterocycles. The summed E-state index contributed by atoms with van der Waals surface area (Å²) in [4.78, 5) is 22.8. The molecule has 0 saturated carbocycles. The summed E-state index contributed by atoms with van der Waals surface area (Å²) in [6.45, 7) is 5.61. The third-order valence-electron chi connectivity index (χ3n) is 8.58. The summed E-state index contributed by atoms with van der Waals surface area (Å²) in [7, 11) is 1.67. The Balaban J connectivity index is 4.28. The van der Waals surface area contributed by atoms with Crippen molar-refractivity contribution in [2.75, 3.05) is 54.1 Å². The van der Waals surface area contributed by atoms with Crippen LogP contribution in [-0.4, -0.2) is 75.6 Å². The lowest BCUT2D eigenvalue weighted by atomic mass is 10.0. The Morgan fingerprint density at radius 2 is 1.08 bits per heavy atom. The number of quaternary nitrogens is 1. The van der Waals surface area contributed by atoms with Crippen molar-refractivity contribution in [1.82, 2.24) is 0 Å². The third-order valence-corrected chi connectivity index (χ3v) is 9.56. The maximum absolute atomic E-state index is 12.6. The van der Waals surface area contributed by atoms with Gasteiger partial charge < -0.3 is 18.9 Å². The third kappa shape index (κ3) is 36.5. The van der Waals surface area contributed by atoms with Crippen LogP contribution >= 0.6 is 7.82 Å². The van der Waals surface area contributed by atoms with E-state index in [1.165, 1.54) is 116 Å². The molecule has 0 spiro atoms. The molecule has 0 fully saturated rings. The molecule has 9 heteroatoms. The number of hydrogen-bond donors (Lipinski definition) is 1. The molecule has 0 rings (SSSR count). The monoisotopic (exact) mass is 705 g/mol. The first-order chi connectivity index (χ1) is 23.1. The Kier molecular flexibility index (Phi) is 32.9. The first-order valence-corrected chi connectivity index (χ1v) is 21.4. The number of carbonyl (C=O) groups excluding carboxylic acids is 1. The van der Waals surface area contributed by atoms with Gasteiger partial charge in [0.15, 0.2) is 0 Å². The molecule has 0 aliphatic heterocycles. The predicted molar refractivity (Wildman–Crippen MR) is 201 cm³/mol. The maximum atomic E-state index is 12.6. The zero-order valence-corrected chi connectivity index (χ0v) is 33.1. The van der Waals surface area contributed by atoms with Crippen LogP contribution in [0.25, 0.3) is 0 Å². The first kappa shape index (κ1) is 47.2. The largest absolute Gasteiger partial charge is 0.472 e. The quantitative estimate of drug-likeness (QED) is 0.0226. The van der Waals surface area contributed by atoms with E-state index in [2.05, 4.69) is 26.0 Å². The van der Waals surface area contributed by atoms with Gasteiger partial charge in [0.25, 0.3) is 0 Å². The molecule has 0 bridgehead atoms. The molecule has 0 aliphatic carbocycles. The van der Waals surface area contributed by atoms with Gasteiger partial charge in [-0.2, -0.15) is 0 Å². The van der Waals surface area contributed by atoms with E-state index >= 15 is 0 Å². The summed E-state index contributed by atoms with van der Waals surface area (Å²) in [6.07, 6.45) is 33.7. The van der Waals surface area contributed by atoms with Crippen molar-refractivity contribution < 1.29 is 37.3 Å². The van der Waals surface area contributed by atoms with E-state index in [9.17, 15) is 14.3 Å². The van der Waals surface area contributed by atoms with E-state index in [-0.39, 0.29) is 25.8 Å². The molecule has 2 atom stereocenters. The van der Waals surface area contributed by atoms with Gasteiger partial charge in [0, 0.05) is 13.0 Å². The summed E-state index contributed by atoms with van der Waals surface area (Å²) in [5, 5.41) is 0. The Morgan fingerprint density at radius 1 is 0.625 bits per heavy atom. The van der Waals surface area contributed by atoms with Crippen LogP contribution < -0.4 is 0 Å². The highest BCUT2D eigenvalue weighted by atomic mass is 31.2. The van der Waals surface area contributed by atoms with Gasteiger partial charge in [-0.15, -0.1) is 0 Å². The predicted octanol–water partition coefficient (Wildman–Crippen LogP) is 11.1. The first-order valence-electron chi connectivity index (χ1n) is 19.9. The second-order valence-corrected chi connectivity index (χ2v) is 16.1. The van der Waals surface area contributed by atoms with Crippen LogP contribution in [0.4, 0.5) is 0 Å². The number of rotatable bonds is 37. The highest BCUT2D eigenvalue weighted by molar-refractivity contribution is 7.47. The Hall–Kier alpha value is -0.760. The Labute approximate surface area is 297 Å². The molecule has 0 heterocycles. The fourth-order valence-corrected chi connectivity index (χ4v) is 6.17. The lowest BCUT2D eigenvalue weighted by Crippen LogP contribution is -2.37. The van der Waals surface area contributed by atoms with Crippen LogP contribution in [0, 0.1) is 0 Å². The second-order valence-electron chi connectivity index (χ2n) is 14.7. The summed E-state index contributed by atoms with van der Waals surface area (Å²) in [5.74, 6) is -0.321. The van der Waals surface area contributed by atoms with Gasteiger partial charge in [0.1, 0.15) is 19.3 Å². The SMILES string of the molecule is CCCCCC/C=C\CCCCCCCC(=O)OC(COCCCCCCCCCCCCCCC)COP(=O)(O)OCC[N+](C)(C)C. The van der Waals surface area contributed by atoms with Crippen molar-refractivity contribution in [1.29, 1.82) is 0 Å². The van der Waals surface area contributed by atoms with Gasteiger partial charge >= 0.3 is 13.8 Å². The second kappa shape index (κ2) is 33.4. The Bertz CT molecular complexity index is 787. The molecule has 48 heavy (non-hydrogen) atoms. The molecule has 286 valence electrons. The summed E-state index contributed by atoms with van der Waals surface area (Å²) in [6, 6.07) is 0. The minimum atomic E-state index is -4.26. The van der Waals surface area contributed by atoms with E-state index < -0.39 is 13.9 Å². The molecule has 0 aromatic rings. The summed E-state index contributed by atoms with van der Waals surface area (Å²) < 4.78 is 34.9. The number of nitrogens with zero attached hydrogens (tertiary/aromatic N) is 1. The highest BCUT2D eigenvalue weighted by Gasteiger charge is 2.26. The van der Waals surface area contributed by atoms with E-state index in [1.807, 2.05) is 21.1 Å². The molecule has 1 N–H and O–H groups in total. The van der Waals surface area contributed by atoms with Crippen molar-refractivity contribution in [3.8, 4) is 0 Å². The molecule has 8 nitrogen and oxygen atoms in total. The molecule has 0 aliphatic rings. The van der Waals surface area contributed by atoms with Crippen molar-refractivity contribution >= 4 is 13.8 Å². The molecular weight excluding hydrogens is 625 g/mol. The van der Waals surface area contributed by atoms with Crippen LogP contribution in [0.3, 0.4) is 0 Å². The number of carbonyl (C=O) groups is 1. The van der Waals surface area contributed by atoms with Crippen molar-refractivity contribution in [2.45, 2.75) is 180 Å². The minimum Gasteiger partial charge on any atom is -0.457 e. The maximum Gasteiger partial charge on any atom is 0.472 e. The zero-order valence-electron chi connectivity index (χ0n) is 32.2. The summed E-state index contributed by atoms with van der Waals surface area (Å²) >= 11 is 0. The van der Waals surface area contributed by atoms with E-state index in [4.69, 9.17) is 18.5 Å². The molecular formula is C39H79NO7P+. The van der Waals surface area contributed by atoms with E-state index in [0.717, 1.165) is 38.5 Å². The van der Waals surface area contributed by atoms with E-state index in [0.29, 0.717) is 24.1 Å². The number of likely N-dealkylation sites (N-methyl/N-ethyl adjacent to an activating group) is 1. The van der Waals surface area contributed by atoms with Crippen molar-refractivity contribution in [3.05, 3.63) is 12.2 Å². The number of hydrogen-bond acceptors (Lipinski definition) is 6. The van der Waals surface area contributed by atoms with E-state index in [1.54, 1.807) is 0 Å². The molecule has 0 saturated heterocycles. The lowest BCUT2D eigenvalue weighted by molar-refractivity contribution is -0.870. The number of allylic oxidation sites excluding steroid dienone is 2. The van der Waals surface area contributed by atoms with Crippen LogP contribution in [-0.2, 0) is 27.9 Å². The highest BCUT2D eigenvalue weighted by Crippen LogP contribution is 2.43. The molecule has 0 amide bonds. The van der Waals surface area contributed by atoms with Crippen LogP contribution in [0.5, 0.6) is 0 Å². The average Bonchev–Trinajstić information content (AvgIpc) is 3.03. The van der Waals surface area contributed by atoms with Gasteiger partial charge in [0.2, 0.25) is 0 Å². The van der Waals surface area contributed by atoms with Gasteiger partial charge in [-0.25, -0.2) is 4.57 Å². The molecule has 2 unspecified atom stereocenters. The topological polar surface area (TPSA) is 91.3 Å². The Morgan fingerprint density at radius 3 is 1.60 bits per heavy atom. The van der Waals surface area contributed by atoms with Gasteiger partial charge in [-0.3, -0.25) is 13.8 Å². The van der Waals surface area contributed by atoms with Crippen molar-refractivity contribution in [3.63, 3.8) is 0 Å². The normalized spacial score (nSPS) is 14.0. The fraction of sp³-hybridized carbons (Fsp3) is 0.923. The standard InChI is InChI=1S/C39H78NO7P/c1-6-8-10-12-14-16-18-20-22-24-26-28-30-32-39(41)47-38(37-46-48(42,43)45-35-33-40(3,4)5)36-44-34-31-29-27-25-23-21-19-17-15-13-11-9-7-2/h16,18,38H,6-15,17,19-37H2,1-5H3/p+1/b18-16-. The number of unbranched alkanes of at least 4 members (excludes halogenated alkanes) is 21. The number of phosphoric ester groups is 1. The number of ether oxygens (including phenoxy) is 2. The van der Waals surface area contributed by atoms with Crippen LogP contribution in [0.15, 0.2) is 12.2 Å². The fourth-order valence-electron chi connectivity index (χ4n) is 5.43.